The van der Waals surface area contributed by atoms with Crippen molar-refractivity contribution in [2.24, 2.45) is 0 Å². The minimum atomic E-state index is -1.82. The van der Waals surface area contributed by atoms with E-state index in [1.54, 1.807) is 0 Å². The van der Waals surface area contributed by atoms with Crippen LogP contribution in [0.2, 0.25) is 5.02 Å². The van der Waals surface area contributed by atoms with Crippen LogP contribution < -0.4 is 5.46 Å². The fourth-order valence-corrected chi connectivity index (χ4v) is 0.853. The first kappa shape index (κ1) is 9.31. The fraction of sp³-hybridized carbons (Fsp3) is 0. The molecule has 0 saturated carbocycles. The van der Waals surface area contributed by atoms with Crippen LogP contribution in [0.25, 0.3) is 0 Å². The summed E-state index contributed by atoms with van der Waals surface area (Å²) >= 11 is 5.27. The molecule has 0 aliphatic rings. The molecule has 1 rings (SSSR count). The maximum absolute atomic E-state index is 12.7. The Balaban J connectivity index is 3.21. The summed E-state index contributed by atoms with van der Waals surface area (Å²) < 4.78 is 12.7. The van der Waals surface area contributed by atoms with Gasteiger partial charge in [0.2, 0.25) is 0 Å². The second-order valence-electron chi connectivity index (χ2n) is 2.21. The van der Waals surface area contributed by atoms with Gasteiger partial charge in [0.15, 0.2) is 0 Å². The molecule has 0 heterocycles. The molecule has 0 atom stereocenters. The highest BCUT2D eigenvalue weighted by atomic mass is 35.5. The highest BCUT2D eigenvalue weighted by Crippen LogP contribution is 2.24. The SMILES string of the molecule is OB(O)c1cc(O)c(Cl)c(F)c1. The van der Waals surface area contributed by atoms with Gasteiger partial charge in [-0.3, -0.25) is 0 Å². The zero-order valence-electron chi connectivity index (χ0n) is 5.83. The summed E-state index contributed by atoms with van der Waals surface area (Å²) in [4.78, 5) is 0. The van der Waals surface area contributed by atoms with Gasteiger partial charge in [-0.15, -0.1) is 0 Å². The van der Waals surface area contributed by atoms with E-state index in [1.807, 2.05) is 0 Å². The Kier molecular flexibility index (Phi) is 2.57. The van der Waals surface area contributed by atoms with Crippen molar-refractivity contribution in [3.05, 3.63) is 23.0 Å². The van der Waals surface area contributed by atoms with E-state index in [0.29, 0.717) is 0 Å². The maximum atomic E-state index is 12.7. The van der Waals surface area contributed by atoms with Crippen LogP contribution in [-0.4, -0.2) is 22.3 Å². The number of halogens is 2. The van der Waals surface area contributed by atoms with Crippen LogP contribution in [0.4, 0.5) is 4.39 Å². The summed E-state index contributed by atoms with van der Waals surface area (Å²) in [6, 6.07) is 1.82. The van der Waals surface area contributed by atoms with Crippen molar-refractivity contribution in [2.45, 2.75) is 0 Å². The van der Waals surface area contributed by atoms with Crippen molar-refractivity contribution in [2.75, 3.05) is 0 Å². The van der Waals surface area contributed by atoms with Crippen LogP contribution in [0, 0.1) is 5.82 Å². The molecule has 1 aromatic rings. The van der Waals surface area contributed by atoms with Crippen LogP contribution in [-0.2, 0) is 0 Å². The molecule has 12 heavy (non-hydrogen) atoms. The molecule has 0 fully saturated rings. The number of hydrogen-bond acceptors (Lipinski definition) is 3. The van der Waals surface area contributed by atoms with Gasteiger partial charge in [-0.2, -0.15) is 0 Å². The van der Waals surface area contributed by atoms with Gasteiger partial charge in [0.05, 0.1) is 0 Å². The molecule has 0 spiro atoms. The van der Waals surface area contributed by atoms with E-state index in [4.69, 9.17) is 26.8 Å². The Bertz CT molecular complexity index is 282. The van der Waals surface area contributed by atoms with Gasteiger partial charge in [-0.25, -0.2) is 4.39 Å². The Labute approximate surface area is 73.2 Å². The molecule has 0 saturated heterocycles. The molecule has 0 radical (unpaired) electrons. The van der Waals surface area contributed by atoms with Crippen molar-refractivity contribution < 1.29 is 19.5 Å². The monoisotopic (exact) mass is 190 g/mol. The second-order valence-corrected chi connectivity index (χ2v) is 2.59. The average Bonchev–Trinajstić information content (AvgIpc) is 1.99. The maximum Gasteiger partial charge on any atom is 0.488 e. The molecule has 3 nitrogen and oxygen atoms in total. The quantitative estimate of drug-likeness (QED) is 0.540. The predicted molar refractivity (Wildman–Crippen MR) is 42.9 cm³/mol. The molecule has 0 aliphatic heterocycles. The van der Waals surface area contributed by atoms with Crippen molar-refractivity contribution in [1.29, 1.82) is 0 Å². The third kappa shape index (κ3) is 1.69. The van der Waals surface area contributed by atoms with Crippen LogP contribution >= 0.6 is 11.6 Å². The Morgan fingerprint density at radius 2 is 1.92 bits per heavy atom. The molecule has 0 bridgehead atoms. The number of phenolic OH excluding ortho intramolecular Hbond substituents is 1. The van der Waals surface area contributed by atoms with Gasteiger partial charge in [0, 0.05) is 0 Å². The second kappa shape index (κ2) is 3.31. The predicted octanol–water partition coefficient (Wildman–Crippen LogP) is -0.136. The van der Waals surface area contributed by atoms with Crippen molar-refractivity contribution in [3.8, 4) is 5.75 Å². The molecule has 0 amide bonds. The number of hydrogen-bond donors (Lipinski definition) is 3. The third-order valence-electron chi connectivity index (χ3n) is 1.33. The minimum absolute atomic E-state index is 0.144. The smallest absolute Gasteiger partial charge is 0.488 e. The van der Waals surface area contributed by atoms with Gasteiger partial charge < -0.3 is 15.2 Å². The number of benzene rings is 1. The summed E-state index contributed by atoms with van der Waals surface area (Å²) in [5.74, 6) is -1.40. The molecular weight excluding hydrogens is 185 g/mol. The number of rotatable bonds is 1. The summed E-state index contributed by atoms with van der Waals surface area (Å²) in [6.45, 7) is 0. The summed E-state index contributed by atoms with van der Waals surface area (Å²) in [5, 5.41) is 25.7. The van der Waals surface area contributed by atoms with E-state index in [-0.39, 0.29) is 5.46 Å². The average molecular weight is 190 g/mol. The Morgan fingerprint density at radius 1 is 1.33 bits per heavy atom. The first-order valence-corrected chi connectivity index (χ1v) is 3.44. The number of aromatic hydroxyl groups is 1. The van der Waals surface area contributed by atoms with Crippen molar-refractivity contribution in [3.63, 3.8) is 0 Å². The summed E-state index contributed by atoms with van der Waals surface area (Å²) in [7, 11) is -1.82. The Hall–Kier alpha value is -0.775. The largest absolute Gasteiger partial charge is 0.506 e. The fourth-order valence-electron chi connectivity index (χ4n) is 0.744. The van der Waals surface area contributed by atoms with E-state index >= 15 is 0 Å². The number of phenols is 1. The first-order chi connectivity index (χ1) is 5.52. The highest BCUT2D eigenvalue weighted by Gasteiger charge is 2.16. The van der Waals surface area contributed by atoms with Gasteiger partial charge in [0.1, 0.15) is 16.6 Å². The van der Waals surface area contributed by atoms with Crippen LogP contribution in [0.5, 0.6) is 5.75 Å². The lowest BCUT2D eigenvalue weighted by Crippen LogP contribution is -2.29. The van der Waals surface area contributed by atoms with Gasteiger partial charge in [-0.1, -0.05) is 11.6 Å². The molecule has 0 aromatic heterocycles. The molecule has 0 aliphatic carbocycles. The Morgan fingerprint density at radius 3 is 2.33 bits per heavy atom. The normalized spacial score (nSPS) is 10.0. The zero-order valence-corrected chi connectivity index (χ0v) is 6.59. The lowest BCUT2D eigenvalue weighted by Gasteiger charge is -2.02. The first-order valence-electron chi connectivity index (χ1n) is 3.06. The topological polar surface area (TPSA) is 60.7 Å². The van der Waals surface area contributed by atoms with Gasteiger partial charge >= 0.3 is 7.12 Å². The van der Waals surface area contributed by atoms with E-state index in [9.17, 15) is 4.39 Å². The molecule has 3 N–H and O–H groups in total. The van der Waals surface area contributed by atoms with E-state index in [0.717, 1.165) is 12.1 Å². The van der Waals surface area contributed by atoms with E-state index in [2.05, 4.69) is 0 Å². The van der Waals surface area contributed by atoms with Crippen LogP contribution in [0.3, 0.4) is 0 Å². The molecule has 1 aromatic carbocycles. The molecule has 0 unspecified atom stereocenters. The zero-order chi connectivity index (χ0) is 9.30. The standard InChI is InChI=1S/C6H5BClFO3/c8-6-4(9)1-3(7(11)12)2-5(6)10/h1-2,10-12H. The molecule has 6 heteroatoms. The highest BCUT2D eigenvalue weighted by molar-refractivity contribution is 6.58. The summed E-state index contributed by atoms with van der Waals surface area (Å²) in [5.41, 5.74) is -0.144. The lowest BCUT2D eigenvalue weighted by atomic mass is 9.80. The lowest BCUT2D eigenvalue weighted by molar-refractivity contribution is 0.424. The van der Waals surface area contributed by atoms with E-state index in [1.165, 1.54) is 0 Å². The van der Waals surface area contributed by atoms with Crippen molar-refractivity contribution in [1.82, 2.24) is 0 Å². The van der Waals surface area contributed by atoms with Gasteiger partial charge in [-0.05, 0) is 17.6 Å². The van der Waals surface area contributed by atoms with Crippen molar-refractivity contribution >= 4 is 24.2 Å². The molecule has 64 valence electrons. The van der Waals surface area contributed by atoms with Gasteiger partial charge in [0.25, 0.3) is 0 Å². The van der Waals surface area contributed by atoms with Crippen LogP contribution in [0.1, 0.15) is 0 Å². The van der Waals surface area contributed by atoms with E-state index < -0.39 is 23.7 Å². The van der Waals surface area contributed by atoms with Crippen LogP contribution in [0.15, 0.2) is 12.1 Å². The minimum Gasteiger partial charge on any atom is -0.506 e. The third-order valence-corrected chi connectivity index (χ3v) is 1.70. The summed E-state index contributed by atoms with van der Waals surface area (Å²) in [6.07, 6.45) is 0. The molecular formula is C6H5BClFO3.